The molecule has 0 radical (unpaired) electrons. The van der Waals surface area contributed by atoms with E-state index >= 15 is 0 Å². The third kappa shape index (κ3) is 5.47. The van der Waals surface area contributed by atoms with E-state index in [-0.39, 0.29) is 5.75 Å². The molecule has 0 saturated heterocycles. The molecule has 172 valence electrons. The third-order valence-corrected chi connectivity index (χ3v) is 5.43. The minimum Gasteiger partial charge on any atom is -0.741 e. The lowest BCUT2D eigenvalue weighted by Gasteiger charge is -2.08. The van der Waals surface area contributed by atoms with Crippen LogP contribution in [-0.2, 0) is 17.2 Å². The van der Waals surface area contributed by atoms with E-state index in [1.807, 2.05) is 18.2 Å². The number of alkyl halides is 3. The molecule has 0 bridgehead atoms. The van der Waals surface area contributed by atoms with Crippen LogP contribution in [0.4, 0.5) is 13.2 Å². The van der Waals surface area contributed by atoms with E-state index in [4.69, 9.17) is 13.0 Å². The summed E-state index contributed by atoms with van der Waals surface area (Å²) < 4.78 is 61.1. The van der Waals surface area contributed by atoms with Gasteiger partial charge >= 0.3 is 5.51 Å². The molecule has 1 N–H and O–H groups in total. The van der Waals surface area contributed by atoms with Gasteiger partial charge in [0.1, 0.15) is 18.3 Å². The van der Waals surface area contributed by atoms with Gasteiger partial charge in [-0.05, 0) is 42.8 Å². The highest BCUT2D eigenvalue weighted by atomic mass is 32.2. The highest BCUT2D eigenvalue weighted by Crippen LogP contribution is 2.26. The standard InChI is InChI=1S/C22H18N2O.CHF3O3S/c1-15-5-11-20-17(14-15)7-10-18(24(20)2)9-6-16-8-12-21(25)22-19(16)4-3-13-23-22;2-1(3,4)8(5,6)7/h3-14H,1-2H3;(H,5,6,7). The summed E-state index contributed by atoms with van der Waals surface area (Å²) in [7, 11) is -4.01. The summed E-state index contributed by atoms with van der Waals surface area (Å²) in [5.74, 6) is 0.208. The van der Waals surface area contributed by atoms with Crippen LogP contribution in [0.15, 0.2) is 60.8 Å². The van der Waals surface area contributed by atoms with Crippen LogP contribution in [0.1, 0.15) is 16.8 Å². The van der Waals surface area contributed by atoms with E-state index in [2.05, 4.69) is 66.0 Å². The zero-order chi connectivity index (χ0) is 24.4. The first kappa shape index (κ1) is 24.1. The van der Waals surface area contributed by atoms with Gasteiger partial charge in [0.2, 0.25) is 11.2 Å². The van der Waals surface area contributed by atoms with E-state index in [0.29, 0.717) is 5.52 Å². The first-order chi connectivity index (χ1) is 15.4. The van der Waals surface area contributed by atoms with Crippen LogP contribution in [0, 0.1) is 6.92 Å². The zero-order valence-corrected chi connectivity index (χ0v) is 18.4. The van der Waals surface area contributed by atoms with Crippen molar-refractivity contribution in [2.45, 2.75) is 12.4 Å². The molecular weight excluding hydrogens is 457 g/mol. The minimum atomic E-state index is -6.09. The molecule has 0 spiro atoms. The molecule has 2 aromatic heterocycles. The van der Waals surface area contributed by atoms with Gasteiger partial charge in [-0.3, -0.25) is 4.98 Å². The molecule has 0 aliphatic rings. The van der Waals surface area contributed by atoms with Crippen LogP contribution in [0.3, 0.4) is 0 Å². The molecule has 0 fully saturated rings. The zero-order valence-electron chi connectivity index (χ0n) is 17.5. The molecule has 0 atom stereocenters. The summed E-state index contributed by atoms with van der Waals surface area (Å²) in [5.41, 5.74) is -0.411. The maximum atomic E-state index is 10.7. The van der Waals surface area contributed by atoms with Crippen molar-refractivity contribution in [3.8, 4) is 5.75 Å². The number of fused-ring (bicyclic) bond motifs is 2. The van der Waals surface area contributed by atoms with E-state index < -0.39 is 15.6 Å². The molecular formula is C23H19F3N2O4S. The fourth-order valence-corrected chi connectivity index (χ4v) is 3.21. The second-order valence-electron chi connectivity index (χ2n) is 7.19. The number of hydrogen-bond donors (Lipinski definition) is 1. The summed E-state index contributed by atoms with van der Waals surface area (Å²) in [6, 6.07) is 18.2. The van der Waals surface area contributed by atoms with E-state index in [0.717, 1.165) is 16.6 Å². The Kier molecular flexibility index (Phi) is 6.71. The molecule has 33 heavy (non-hydrogen) atoms. The smallest absolute Gasteiger partial charge is 0.485 e. The molecule has 2 aromatic carbocycles. The number of nitrogens with zero attached hydrogens (tertiary/aromatic N) is 2. The molecule has 4 aromatic rings. The van der Waals surface area contributed by atoms with Gasteiger partial charge < -0.3 is 9.66 Å². The van der Waals surface area contributed by atoms with Crippen LogP contribution < -0.4 is 4.57 Å². The number of benzene rings is 2. The number of aromatic nitrogens is 2. The number of rotatable bonds is 2. The predicted octanol–water partition coefficient (Wildman–Crippen LogP) is 4.45. The Hall–Kier alpha value is -3.50. The summed E-state index contributed by atoms with van der Waals surface area (Å²) in [6.45, 7) is 2.11. The molecule has 0 aliphatic heterocycles. The monoisotopic (exact) mass is 476 g/mol. The first-order valence-corrected chi connectivity index (χ1v) is 11.0. The summed E-state index contributed by atoms with van der Waals surface area (Å²) in [6.07, 6.45) is 5.86. The van der Waals surface area contributed by atoms with E-state index in [1.54, 1.807) is 12.3 Å². The van der Waals surface area contributed by atoms with Crippen molar-refractivity contribution in [2.75, 3.05) is 0 Å². The average Bonchev–Trinajstić information content (AvgIpc) is 2.74. The molecule has 4 rings (SSSR count). The highest BCUT2D eigenvalue weighted by molar-refractivity contribution is 7.86. The van der Waals surface area contributed by atoms with E-state index in [1.165, 1.54) is 16.5 Å². The second kappa shape index (κ2) is 9.16. The number of phenols is 1. The number of hydrogen-bond acceptors (Lipinski definition) is 5. The fraction of sp³-hybridized carbons (Fsp3) is 0.130. The Morgan fingerprint density at radius 3 is 2.42 bits per heavy atom. The number of aryl methyl sites for hydroxylation is 2. The van der Waals surface area contributed by atoms with Crippen LogP contribution in [0.5, 0.6) is 5.75 Å². The number of phenolic OH excluding ortho intramolecular Hbond substituents is 1. The second-order valence-corrected chi connectivity index (χ2v) is 8.56. The van der Waals surface area contributed by atoms with Crippen LogP contribution in [0.2, 0.25) is 0 Å². The van der Waals surface area contributed by atoms with Crippen molar-refractivity contribution in [1.29, 1.82) is 0 Å². The Bertz CT molecular complexity index is 1470. The third-order valence-electron chi connectivity index (χ3n) is 4.86. The van der Waals surface area contributed by atoms with Crippen molar-refractivity contribution >= 4 is 44.1 Å². The largest absolute Gasteiger partial charge is 0.741 e. The summed E-state index contributed by atoms with van der Waals surface area (Å²) in [4.78, 5) is 4.27. The van der Waals surface area contributed by atoms with Crippen LogP contribution in [0.25, 0.3) is 34.0 Å². The van der Waals surface area contributed by atoms with Crippen LogP contribution >= 0.6 is 0 Å². The molecule has 10 heteroatoms. The first-order valence-electron chi connectivity index (χ1n) is 9.55. The van der Waals surface area contributed by atoms with Gasteiger partial charge in [-0.25, -0.2) is 8.42 Å². The maximum Gasteiger partial charge on any atom is 0.485 e. The topological polar surface area (TPSA) is 94.2 Å². The molecule has 0 amide bonds. The van der Waals surface area contributed by atoms with E-state index in [9.17, 15) is 18.3 Å². The number of halogens is 3. The van der Waals surface area contributed by atoms with Gasteiger partial charge in [-0.15, -0.1) is 0 Å². The van der Waals surface area contributed by atoms with Crippen molar-refractivity contribution in [2.24, 2.45) is 7.05 Å². The normalized spacial score (nSPS) is 12.2. The Balaban J connectivity index is 0.000000331. The highest BCUT2D eigenvalue weighted by Gasteiger charge is 2.36. The van der Waals surface area contributed by atoms with Gasteiger partial charge in [0.15, 0.2) is 10.1 Å². The lowest BCUT2D eigenvalue weighted by Crippen LogP contribution is -2.32. The van der Waals surface area contributed by atoms with Crippen molar-refractivity contribution in [3.63, 3.8) is 0 Å². The average molecular weight is 476 g/mol. The molecule has 2 heterocycles. The summed E-state index contributed by atoms with van der Waals surface area (Å²) >= 11 is 0. The molecule has 0 saturated carbocycles. The van der Waals surface area contributed by atoms with Gasteiger partial charge in [-0.1, -0.05) is 23.8 Å². The Morgan fingerprint density at radius 2 is 1.76 bits per heavy atom. The molecule has 0 unspecified atom stereocenters. The van der Waals surface area contributed by atoms with Gasteiger partial charge in [0.05, 0.1) is 0 Å². The lowest BCUT2D eigenvalue weighted by molar-refractivity contribution is -0.646. The Labute approximate surface area is 188 Å². The summed E-state index contributed by atoms with van der Waals surface area (Å²) in [5, 5.41) is 12.2. The lowest BCUT2D eigenvalue weighted by atomic mass is 10.1. The maximum absolute atomic E-state index is 10.7. The van der Waals surface area contributed by atoms with Gasteiger partial charge in [0.25, 0.3) is 0 Å². The molecule has 0 aliphatic carbocycles. The van der Waals surface area contributed by atoms with Gasteiger partial charge in [0, 0.05) is 35.2 Å². The van der Waals surface area contributed by atoms with Gasteiger partial charge in [-0.2, -0.15) is 17.7 Å². The number of pyridine rings is 2. The van der Waals surface area contributed by atoms with Crippen molar-refractivity contribution in [1.82, 2.24) is 4.98 Å². The van der Waals surface area contributed by atoms with Crippen molar-refractivity contribution < 1.29 is 35.8 Å². The van der Waals surface area contributed by atoms with Crippen molar-refractivity contribution in [3.05, 3.63) is 77.6 Å². The van der Waals surface area contributed by atoms with Crippen LogP contribution in [-0.4, -0.2) is 28.6 Å². The fourth-order valence-electron chi connectivity index (χ4n) is 3.21. The minimum absolute atomic E-state index is 0.208. The Morgan fingerprint density at radius 1 is 1.06 bits per heavy atom. The quantitative estimate of drug-likeness (QED) is 0.262. The number of aromatic hydroxyl groups is 1. The SMILES string of the molecule is Cc1ccc2c(ccc(C=Cc3ccc(O)c4ncccc34)[n+]2C)c1.O=S(=O)([O-])C(F)(F)F. The predicted molar refractivity (Wildman–Crippen MR) is 118 cm³/mol. The molecule has 6 nitrogen and oxygen atoms in total.